The highest BCUT2D eigenvalue weighted by Gasteiger charge is 2.20. The molecule has 21 heavy (non-hydrogen) atoms. The largest absolute Gasteiger partial charge is 0.379 e. The first-order valence-corrected chi connectivity index (χ1v) is 7.77. The van der Waals surface area contributed by atoms with E-state index in [1.807, 2.05) is 0 Å². The average molecular weight is 313 g/mol. The van der Waals surface area contributed by atoms with Crippen LogP contribution in [0.4, 0.5) is 5.82 Å². The third-order valence-electron chi connectivity index (χ3n) is 3.98. The summed E-state index contributed by atoms with van der Waals surface area (Å²) < 4.78 is 10.8. The molecule has 0 unspecified atom stereocenters. The monoisotopic (exact) mass is 312 g/mol. The second-order valence-corrected chi connectivity index (χ2v) is 5.71. The Labute approximate surface area is 130 Å². The van der Waals surface area contributed by atoms with E-state index in [0.29, 0.717) is 5.28 Å². The fourth-order valence-corrected chi connectivity index (χ4v) is 2.91. The van der Waals surface area contributed by atoms with E-state index in [4.69, 9.17) is 21.1 Å². The Morgan fingerprint density at radius 3 is 2.29 bits per heavy atom. The van der Waals surface area contributed by atoms with Crippen LogP contribution >= 0.6 is 11.6 Å². The zero-order valence-corrected chi connectivity index (χ0v) is 13.1. The molecule has 2 aliphatic rings. The minimum absolute atomic E-state index is 0.324. The minimum Gasteiger partial charge on any atom is -0.379 e. The lowest BCUT2D eigenvalue weighted by Crippen LogP contribution is -2.38. The lowest BCUT2D eigenvalue weighted by Gasteiger charge is -2.31. The number of ether oxygens (including phenoxy) is 2. The van der Waals surface area contributed by atoms with E-state index in [0.717, 1.165) is 76.2 Å². The van der Waals surface area contributed by atoms with E-state index in [1.165, 1.54) is 0 Å². The second kappa shape index (κ2) is 6.87. The molecule has 3 heterocycles. The van der Waals surface area contributed by atoms with E-state index in [1.54, 1.807) is 0 Å². The summed E-state index contributed by atoms with van der Waals surface area (Å²) in [7, 11) is 0. The van der Waals surface area contributed by atoms with Crippen molar-refractivity contribution in [2.24, 2.45) is 0 Å². The van der Waals surface area contributed by atoms with Crippen molar-refractivity contribution in [3.63, 3.8) is 0 Å². The Morgan fingerprint density at radius 1 is 1.00 bits per heavy atom. The number of nitrogens with zero attached hydrogens (tertiary/aromatic N) is 4. The van der Waals surface area contributed by atoms with Gasteiger partial charge in [-0.15, -0.1) is 0 Å². The molecular weight excluding hydrogens is 292 g/mol. The number of aromatic nitrogens is 2. The molecule has 1 aromatic rings. The van der Waals surface area contributed by atoms with Crippen LogP contribution in [0.25, 0.3) is 0 Å². The van der Waals surface area contributed by atoms with E-state index in [9.17, 15) is 0 Å². The quantitative estimate of drug-likeness (QED) is 0.779. The maximum Gasteiger partial charge on any atom is 0.224 e. The molecule has 6 nitrogen and oxygen atoms in total. The van der Waals surface area contributed by atoms with Gasteiger partial charge >= 0.3 is 0 Å². The van der Waals surface area contributed by atoms with E-state index < -0.39 is 0 Å². The van der Waals surface area contributed by atoms with E-state index in [2.05, 4.69) is 26.7 Å². The van der Waals surface area contributed by atoms with Crippen molar-refractivity contribution < 1.29 is 9.47 Å². The van der Waals surface area contributed by atoms with Crippen LogP contribution in [0.3, 0.4) is 0 Å². The Bertz CT molecular complexity index is 488. The minimum atomic E-state index is 0.324. The molecule has 3 rings (SSSR count). The maximum absolute atomic E-state index is 6.14. The molecule has 0 atom stereocenters. The molecule has 2 saturated heterocycles. The number of halogens is 1. The predicted octanol–water partition coefficient (Wildman–Crippen LogP) is 1.11. The summed E-state index contributed by atoms with van der Waals surface area (Å²) >= 11 is 6.14. The summed E-state index contributed by atoms with van der Waals surface area (Å²) in [6.45, 7) is 9.51. The Balaban J connectivity index is 1.80. The third kappa shape index (κ3) is 3.63. The Morgan fingerprint density at radius 2 is 1.62 bits per heavy atom. The van der Waals surface area contributed by atoms with Crippen LogP contribution in [0.1, 0.15) is 11.3 Å². The molecule has 2 aliphatic heterocycles. The van der Waals surface area contributed by atoms with E-state index >= 15 is 0 Å². The van der Waals surface area contributed by atoms with Crippen LogP contribution in [-0.4, -0.2) is 67.5 Å². The van der Waals surface area contributed by atoms with Crippen LogP contribution in [0.5, 0.6) is 0 Å². The maximum atomic E-state index is 6.14. The van der Waals surface area contributed by atoms with Crippen molar-refractivity contribution in [2.75, 3.05) is 57.5 Å². The zero-order valence-electron chi connectivity index (χ0n) is 12.3. The van der Waals surface area contributed by atoms with Crippen molar-refractivity contribution in [1.29, 1.82) is 0 Å². The first-order valence-electron chi connectivity index (χ1n) is 7.40. The molecule has 2 fully saturated rings. The summed E-state index contributed by atoms with van der Waals surface area (Å²) in [6.07, 6.45) is 0. The van der Waals surface area contributed by atoms with Crippen molar-refractivity contribution >= 4 is 17.4 Å². The SMILES string of the molecule is Cc1c(CN2CCOCC2)nc(Cl)nc1N1CCOCC1. The molecule has 0 amide bonds. The molecular formula is C14H21ClN4O2. The summed E-state index contributed by atoms with van der Waals surface area (Å²) in [5.74, 6) is 0.946. The molecule has 0 aromatic carbocycles. The van der Waals surface area contributed by atoms with Crippen LogP contribution in [0.15, 0.2) is 0 Å². The standard InChI is InChI=1S/C14H21ClN4O2/c1-11-12(10-18-2-6-20-7-3-18)16-14(15)17-13(11)19-4-8-21-9-5-19/h2-10H2,1H3. The highest BCUT2D eigenvalue weighted by Crippen LogP contribution is 2.24. The highest BCUT2D eigenvalue weighted by molar-refractivity contribution is 6.28. The van der Waals surface area contributed by atoms with Crippen LogP contribution in [0.2, 0.25) is 5.28 Å². The van der Waals surface area contributed by atoms with Gasteiger partial charge in [-0.25, -0.2) is 9.97 Å². The van der Waals surface area contributed by atoms with Gasteiger partial charge < -0.3 is 14.4 Å². The number of hydrogen-bond donors (Lipinski definition) is 0. The van der Waals surface area contributed by atoms with Gasteiger partial charge in [0, 0.05) is 38.3 Å². The highest BCUT2D eigenvalue weighted by atomic mass is 35.5. The average Bonchev–Trinajstić information content (AvgIpc) is 2.52. The molecule has 1 aromatic heterocycles. The van der Waals surface area contributed by atoms with Gasteiger partial charge in [0.05, 0.1) is 32.1 Å². The predicted molar refractivity (Wildman–Crippen MR) is 80.9 cm³/mol. The van der Waals surface area contributed by atoms with Crippen molar-refractivity contribution in [1.82, 2.24) is 14.9 Å². The molecule has 0 aliphatic carbocycles. The molecule has 0 bridgehead atoms. The molecule has 0 N–H and O–H groups in total. The fraction of sp³-hybridized carbons (Fsp3) is 0.714. The van der Waals surface area contributed by atoms with Crippen molar-refractivity contribution in [2.45, 2.75) is 13.5 Å². The smallest absolute Gasteiger partial charge is 0.224 e. The third-order valence-corrected chi connectivity index (χ3v) is 4.15. The van der Waals surface area contributed by atoms with Gasteiger partial charge in [0.1, 0.15) is 5.82 Å². The van der Waals surface area contributed by atoms with Gasteiger partial charge in [0.2, 0.25) is 5.28 Å². The number of rotatable bonds is 3. The molecule has 0 spiro atoms. The molecule has 0 radical (unpaired) electrons. The number of anilines is 1. The number of hydrogen-bond acceptors (Lipinski definition) is 6. The van der Waals surface area contributed by atoms with Gasteiger partial charge in [-0.05, 0) is 18.5 Å². The van der Waals surface area contributed by atoms with Gasteiger partial charge in [-0.3, -0.25) is 4.90 Å². The first-order chi connectivity index (χ1) is 10.2. The number of morpholine rings is 2. The normalized spacial score (nSPS) is 20.8. The van der Waals surface area contributed by atoms with Crippen molar-refractivity contribution in [3.05, 3.63) is 16.5 Å². The van der Waals surface area contributed by atoms with Gasteiger partial charge in [-0.1, -0.05) is 0 Å². The Hall–Kier alpha value is -0.950. The van der Waals surface area contributed by atoms with E-state index in [-0.39, 0.29) is 0 Å². The Kier molecular flexibility index (Phi) is 4.90. The van der Waals surface area contributed by atoms with Crippen LogP contribution in [-0.2, 0) is 16.0 Å². The summed E-state index contributed by atoms with van der Waals surface area (Å²) in [5.41, 5.74) is 2.13. The zero-order chi connectivity index (χ0) is 14.7. The summed E-state index contributed by atoms with van der Waals surface area (Å²) in [4.78, 5) is 13.4. The fourth-order valence-electron chi connectivity index (χ4n) is 2.73. The van der Waals surface area contributed by atoms with Crippen molar-refractivity contribution in [3.8, 4) is 0 Å². The molecule has 7 heteroatoms. The lowest BCUT2D eigenvalue weighted by molar-refractivity contribution is 0.0335. The lowest BCUT2D eigenvalue weighted by atomic mass is 10.2. The van der Waals surface area contributed by atoms with Gasteiger partial charge in [0.25, 0.3) is 0 Å². The topological polar surface area (TPSA) is 50.7 Å². The van der Waals surface area contributed by atoms with Crippen LogP contribution < -0.4 is 4.90 Å². The van der Waals surface area contributed by atoms with Gasteiger partial charge in [0.15, 0.2) is 0 Å². The second-order valence-electron chi connectivity index (χ2n) is 5.38. The summed E-state index contributed by atoms with van der Waals surface area (Å²) in [5, 5.41) is 0.324. The first kappa shape index (κ1) is 15.0. The van der Waals surface area contributed by atoms with Crippen LogP contribution in [0, 0.1) is 6.92 Å². The molecule has 0 saturated carbocycles. The molecule has 116 valence electrons. The summed E-state index contributed by atoms with van der Waals surface area (Å²) in [6, 6.07) is 0. The van der Waals surface area contributed by atoms with Gasteiger partial charge in [-0.2, -0.15) is 0 Å².